The number of rotatable bonds is 4. The van der Waals surface area contributed by atoms with Gasteiger partial charge in [-0.15, -0.1) is 0 Å². The van der Waals surface area contributed by atoms with Crippen LogP contribution in [-0.4, -0.2) is 39.1 Å². The molecule has 1 aliphatic heterocycles. The smallest absolute Gasteiger partial charge is 0.230 e. The molecule has 1 aliphatic rings. The molecule has 0 unspecified atom stereocenters. The molecule has 4 heterocycles. The number of nitrogens with zero attached hydrogens (tertiary/aromatic N) is 4. The highest BCUT2D eigenvalue weighted by Crippen LogP contribution is 2.34. The molecular weight excluding hydrogens is 438 g/mol. The highest BCUT2D eigenvalue weighted by molar-refractivity contribution is 5.83. The van der Waals surface area contributed by atoms with Crippen molar-refractivity contribution in [2.45, 2.75) is 18.6 Å². The predicted molar refractivity (Wildman–Crippen MR) is 123 cm³/mol. The molecule has 0 spiro atoms. The summed E-state index contributed by atoms with van der Waals surface area (Å²) >= 11 is 0. The highest BCUT2D eigenvalue weighted by atomic mass is 19.1. The number of benzene rings is 2. The van der Waals surface area contributed by atoms with Gasteiger partial charge in [-0.2, -0.15) is 10.1 Å². The van der Waals surface area contributed by atoms with Crippen LogP contribution in [0.2, 0.25) is 0 Å². The topological polar surface area (TPSA) is 66.0 Å². The van der Waals surface area contributed by atoms with Gasteiger partial charge in [0.1, 0.15) is 23.4 Å². The van der Waals surface area contributed by atoms with Crippen LogP contribution in [0, 0.1) is 5.82 Å². The molecule has 0 N–H and O–H groups in total. The van der Waals surface area contributed by atoms with Gasteiger partial charge in [-0.05, 0) is 36.8 Å². The van der Waals surface area contributed by atoms with Gasteiger partial charge in [0.25, 0.3) is 0 Å². The summed E-state index contributed by atoms with van der Waals surface area (Å²) in [6, 6.07) is 17.2. The Hall–Kier alpha value is -3.91. The number of hydrogen-bond acceptors (Lipinski definition) is 5. The number of ether oxygens (including phenoxy) is 1. The lowest BCUT2D eigenvalue weighted by Crippen LogP contribution is -2.31. The normalized spacial score (nSPS) is 18.4. The van der Waals surface area contributed by atoms with Crippen LogP contribution in [0.5, 0.6) is 0 Å². The van der Waals surface area contributed by atoms with E-state index < -0.39 is 12.2 Å². The largest absolute Gasteiger partial charge is 0.438 e. The molecule has 0 radical (unpaired) electrons. The van der Waals surface area contributed by atoms with E-state index in [9.17, 15) is 8.78 Å². The van der Waals surface area contributed by atoms with Crippen molar-refractivity contribution in [1.29, 1.82) is 0 Å². The maximum atomic E-state index is 14.6. The van der Waals surface area contributed by atoms with E-state index in [2.05, 4.69) is 15.1 Å². The van der Waals surface area contributed by atoms with Gasteiger partial charge in [0.05, 0.1) is 23.6 Å². The summed E-state index contributed by atoms with van der Waals surface area (Å²) in [4.78, 5) is 9.20. The molecule has 5 aromatic rings. The monoisotopic (exact) mass is 458 g/mol. The third-order valence-electron chi connectivity index (χ3n) is 6.01. The maximum Gasteiger partial charge on any atom is 0.230 e. The second-order valence-electron chi connectivity index (χ2n) is 8.26. The summed E-state index contributed by atoms with van der Waals surface area (Å²) in [5, 5.41) is 5.45. The molecule has 1 fully saturated rings. The van der Waals surface area contributed by atoms with Crippen LogP contribution in [0.3, 0.4) is 0 Å². The van der Waals surface area contributed by atoms with Crippen molar-refractivity contribution >= 4 is 11.1 Å². The number of alkyl halides is 1. The molecule has 2 atom stereocenters. The second kappa shape index (κ2) is 8.46. The van der Waals surface area contributed by atoms with Crippen LogP contribution in [0.1, 0.15) is 12.5 Å². The van der Waals surface area contributed by atoms with E-state index in [0.717, 1.165) is 10.9 Å². The molecular formula is C26H20F2N4O2. The van der Waals surface area contributed by atoms with Gasteiger partial charge < -0.3 is 9.15 Å². The molecule has 6 rings (SSSR count). The Bertz CT molecular complexity index is 1450. The molecule has 0 saturated carbocycles. The number of fused-ring (bicyclic) bond motifs is 1. The first-order valence-electron chi connectivity index (χ1n) is 11.0. The summed E-state index contributed by atoms with van der Waals surface area (Å²) in [6.45, 7) is 0.492. The van der Waals surface area contributed by atoms with Crippen LogP contribution in [0.4, 0.5) is 8.78 Å². The van der Waals surface area contributed by atoms with Crippen molar-refractivity contribution in [2.24, 2.45) is 0 Å². The van der Waals surface area contributed by atoms with E-state index in [1.54, 1.807) is 29.2 Å². The van der Waals surface area contributed by atoms with E-state index in [4.69, 9.17) is 9.15 Å². The van der Waals surface area contributed by atoms with Gasteiger partial charge in [-0.3, -0.25) is 4.68 Å². The molecule has 170 valence electrons. The Balaban J connectivity index is 1.46. The lowest BCUT2D eigenvalue weighted by atomic mass is 10.1. The average Bonchev–Trinajstić information content (AvgIpc) is 3.50. The minimum Gasteiger partial charge on any atom is -0.438 e. The van der Waals surface area contributed by atoms with Gasteiger partial charge in [-0.1, -0.05) is 30.3 Å². The summed E-state index contributed by atoms with van der Waals surface area (Å²) < 4.78 is 41.1. The fourth-order valence-electron chi connectivity index (χ4n) is 4.24. The molecule has 0 amide bonds. The quantitative estimate of drug-likeness (QED) is 0.338. The SMILES string of the molecule is Fc1ccc(-c2nn([C@H]3CCOC[C@@H]3F)cc2-c2ncc3cc(-c4ccccc4)oc3n2)cc1. The zero-order valence-corrected chi connectivity index (χ0v) is 18.1. The Morgan fingerprint density at radius 3 is 2.62 bits per heavy atom. The van der Waals surface area contributed by atoms with Crippen molar-refractivity contribution < 1.29 is 17.9 Å². The summed E-state index contributed by atoms with van der Waals surface area (Å²) in [5.74, 6) is 0.744. The first kappa shape index (κ1) is 20.7. The third kappa shape index (κ3) is 3.76. The van der Waals surface area contributed by atoms with Crippen molar-refractivity contribution in [1.82, 2.24) is 19.7 Å². The fraction of sp³-hybridized carbons (Fsp3) is 0.192. The Kier molecular flexibility index (Phi) is 5.15. The van der Waals surface area contributed by atoms with Crippen LogP contribution in [0.15, 0.2) is 77.5 Å². The van der Waals surface area contributed by atoms with E-state index in [1.807, 2.05) is 36.4 Å². The Labute approximate surface area is 193 Å². The van der Waals surface area contributed by atoms with Gasteiger partial charge in [0.2, 0.25) is 5.71 Å². The van der Waals surface area contributed by atoms with Crippen molar-refractivity contribution in [2.75, 3.05) is 13.2 Å². The Morgan fingerprint density at radius 2 is 1.82 bits per heavy atom. The van der Waals surface area contributed by atoms with Gasteiger partial charge in [0, 0.05) is 30.1 Å². The molecule has 2 aromatic carbocycles. The van der Waals surface area contributed by atoms with Gasteiger partial charge in [-0.25, -0.2) is 13.8 Å². The van der Waals surface area contributed by atoms with Crippen molar-refractivity contribution in [3.8, 4) is 34.0 Å². The molecule has 0 bridgehead atoms. The van der Waals surface area contributed by atoms with Gasteiger partial charge >= 0.3 is 0 Å². The molecule has 8 heteroatoms. The first-order valence-corrected chi connectivity index (χ1v) is 11.0. The lowest BCUT2D eigenvalue weighted by Gasteiger charge is -2.26. The van der Waals surface area contributed by atoms with Crippen molar-refractivity contribution in [3.05, 3.63) is 78.9 Å². The minimum absolute atomic E-state index is 0.0306. The average molecular weight is 458 g/mol. The molecule has 0 aliphatic carbocycles. The minimum atomic E-state index is -1.18. The second-order valence-corrected chi connectivity index (χ2v) is 8.26. The number of halogens is 2. The molecule has 34 heavy (non-hydrogen) atoms. The zero-order chi connectivity index (χ0) is 23.1. The summed E-state index contributed by atoms with van der Waals surface area (Å²) in [5.41, 5.74) is 3.23. The molecule has 3 aromatic heterocycles. The number of furan rings is 1. The van der Waals surface area contributed by atoms with E-state index in [1.165, 1.54) is 12.1 Å². The van der Waals surface area contributed by atoms with Crippen LogP contribution >= 0.6 is 0 Å². The number of hydrogen-bond donors (Lipinski definition) is 0. The Morgan fingerprint density at radius 1 is 1.00 bits per heavy atom. The number of aromatic nitrogens is 4. The van der Waals surface area contributed by atoms with Crippen molar-refractivity contribution in [3.63, 3.8) is 0 Å². The first-order chi connectivity index (χ1) is 16.7. The highest BCUT2D eigenvalue weighted by Gasteiger charge is 2.29. The third-order valence-corrected chi connectivity index (χ3v) is 6.01. The molecule has 6 nitrogen and oxygen atoms in total. The summed E-state index contributed by atoms with van der Waals surface area (Å²) in [6.07, 6.45) is 2.78. The fourth-order valence-corrected chi connectivity index (χ4v) is 4.24. The van der Waals surface area contributed by atoms with E-state index in [-0.39, 0.29) is 12.4 Å². The van der Waals surface area contributed by atoms with Gasteiger partial charge in [0.15, 0.2) is 5.82 Å². The predicted octanol–water partition coefficient (Wildman–Crippen LogP) is 5.86. The van der Waals surface area contributed by atoms with E-state index in [0.29, 0.717) is 47.1 Å². The summed E-state index contributed by atoms with van der Waals surface area (Å²) in [7, 11) is 0. The zero-order valence-electron chi connectivity index (χ0n) is 18.1. The van der Waals surface area contributed by atoms with E-state index >= 15 is 0 Å². The maximum absolute atomic E-state index is 14.6. The van der Waals surface area contributed by atoms with Crippen LogP contribution < -0.4 is 0 Å². The van der Waals surface area contributed by atoms with Crippen LogP contribution in [0.25, 0.3) is 45.1 Å². The molecule has 1 saturated heterocycles. The van der Waals surface area contributed by atoms with Crippen LogP contribution in [-0.2, 0) is 4.74 Å². The lowest BCUT2D eigenvalue weighted by molar-refractivity contribution is -0.0000577. The standard InChI is InChI=1S/C26H20F2N4O2/c27-19-8-6-17(7-9-19)24-20(14-32(31-24)22-10-11-33-15-21(22)28)25-29-13-18-12-23(34-26(18)30-25)16-4-2-1-3-5-16/h1-9,12-14,21-22H,10-11,15H2/t21-,22-/m0/s1.